The molecule has 4 rings (SSSR count). The maximum absolute atomic E-state index is 13.1. The van der Waals surface area contributed by atoms with Crippen LogP contribution in [0.1, 0.15) is 24.3 Å². The molecule has 1 N–H and O–H groups in total. The molecular weight excluding hydrogens is 391 g/mol. The summed E-state index contributed by atoms with van der Waals surface area (Å²) in [6.45, 7) is 0.741. The Labute approximate surface area is 160 Å². The number of aryl methyl sites for hydroxylation is 1. The highest BCUT2D eigenvalue weighted by atomic mass is 32.2. The summed E-state index contributed by atoms with van der Waals surface area (Å²) in [5.41, 5.74) is -0.352. The summed E-state index contributed by atoms with van der Waals surface area (Å²) in [4.78, 5) is 29.7. The highest BCUT2D eigenvalue weighted by molar-refractivity contribution is 7.90. The summed E-state index contributed by atoms with van der Waals surface area (Å²) in [6, 6.07) is 0.808. The number of allylic oxidation sites excluding steroid dienone is 1. The van der Waals surface area contributed by atoms with E-state index < -0.39 is 39.4 Å². The Morgan fingerprint density at radius 1 is 1.39 bits per heavy atom. The van der Waals surface area contributed by atoms with Gasteiger partial charge < -0.3 is 4.52 Å². The van der Waals surface area contributed by atoms with Crippen LogP contribution in [0.2, 0.25) is 0 Å². The smallest absolute Gasteiger partial charge is 0.351 e. The van der Waals surface area contributed by atoms with Gasteiger partial charge in [0.15, 0.2) is 5.76 Å². The van der Waals surface area contributed by atoms with Crippen molar-refractivity contribution in [2.75, 3.05) is 6.67 Å². The van der Waals surface area contributed by atoms with Gasteiger partial charge in [0.1, 0.15) is 11.9 Å². The Morgan fingerprint density at radius 2 is 2.14 bits per heavy atom. The van der Waals surface area contributed by atoms with Crippen LogP contribution < -0.4 is 4.72 Å². The monoisotopic (exact) mass is 408 g/mol. The molecule has 2 heterocycles. The molecule has 0 saturated heterocycles. The number of fused-ring (bicyclic) bond motifs is 1. The van der Waals surface area contributed by atoms with E-state index in [1.165, 1.54) is 18.2 Å². The van der Waals surface area contributed by atoms with Crippen LogP contribution in [0.25, 0.3) is 0 Å². The second-order valence-electron chi connectivity index (χ2n) is 7.07. The van der Waals surface area contributed by atoms with Gasteiger partial charge in [-0.3, -0.25) is 9.69 Å². The number of halogens is 1. The van der Waals surface area contributed by atoms with Gasteiger partial charge >= 0.3 is 6.03 Å². The first-order valence-electron chi connectivity index (χ1n) is 8.59. The Bertz CT molecular complexity index is 1050. The lowest BCUT2D eigenvalue weighted by molar-refractivity contribution is -0.124. The molecule has 148 valence electrons. The Balaban J connectivity index is 1.60. The summed E-state index contributed by atoms with van der Waals surface area (Å²) < 4.78 is 45.7. The van der Waals surface area contributed by atoms with Crippen LogP contribution in [-0.2, 0) is 21.4 Å². The van der Waals surface area contributed by atoms with Gasteiger partial charge in [-0.05, 0) is 31.9 Å². The molecule has 1 unspecified atom stereocenters. The van der Waals surface area contributed by atoms with Crippen LogP contribution in [0.15, 0.2) is 39.4 Å². The second kappa shape index (κ2) is 6.45. The molecule has 0 radical (unpaired) electrons. The van der Waals surface area contributed by atoms with E-state index in [0.717, 1.165) is 4.90 Å². The van der Waals surface area contributed by atoms with Crippen molar-refractivity contribution in [1.29, 1.82) is 0 Å². The minimum Gasteiger partial charge on any atom is -0.359 e. The number of hydrogen-bond acceptors (Lipinski definition) is 6. The van der Waals surface area contributed by atoms with E-state index in [1.54, 1.807) is 13.0 Å². The van der Waals surface area contributed by atoms with E-state index in [-0.39, 0.29) is 17.8 Å². The van der Waals surface area contributed by atoms with Crippen LogP contribution in [0.3, 0.4) is 0 Å². The molecule has 11 heteroatoms. The van der Waals surface area contributed by atoms with Gasteiger partial charge in [-0.25, -0.2) is 22.3 Å². The summed E-state index contributed by atoms with van der Waals surface area (Å²) in [6.07, 6.45) is 4.72. The first-order chi connectivity index (χ1) is 13.2. The number of carbonyl (C=O) groups is 2. The first kappa shape index (κ1) is 18.7. The predicted molar refractivity (Wildman–Crippen MR) is 95.6 cm³/mol. The van der Waals surface area contributed by atoms with E-state index in [2.05, 4.69) is 14.9 Å². The third-order valence-electron chi connectivity index (χ3n) is 4.79. The van der Waals surface area contributed by atoms with Gasteiger partial charge in [0, 0.05) is 6.07 Å². The number of alkyl halides is 1. The van der Waals surface area contributed by atoms with Crippen molar-refractivity contribution in [2.45, 2.75) is 37.1 Å². The molecule has 0 bridgehead atoms. The number of sulfonamides is 1. The molecule has 0 spiro atoms. The van der Waals surface area contributed by atoms with Crippen molar-refractivity contribution in [3.63, 3.8) is 0 Å². The van der Waals surface area contributed by atoms with Crippen LogP contribution in [0.4, 0.5) is 9.18 Å². The zero-order chi connectivity index (χ0) is 20.1. The number of nitrogens with one attached hydrogen (secondary N) is 1. The van der Waals surface area contributed by atoms with Crippen LogP contribution in [0.5, 0.6) is 0 Å². The summed E-state index contributed by atoms with van der Waals surface area (Å²) in [5, 5.41) is 2.53. The molecule has 0 aromatic carbocycles. The molecule has 3 amide bonds. The highest BCUT2D eigenvalue weighted by Gasteiger charge is 2.47. The van der Waals surface area contributed by atoms with Gasteiger partial charge in [-0.1, -0.05) is 11.2 Å². The fraction of sp³-hybridized carbons (Fsp3) is 0.412. The Kier molecular flexibility index (Phi) is 4.31. The maximum atomic E-state index is 13.1. The number of imide groups is 1. The zero-order valence-electron chi connectivity index (χ0n) is 14.9. The Hall–Kier alpha value is -2.66. The number of rotatable bonds is 6. The number of aromatic nitrogens is 1. The summed E-state index contributed by atoms with van der Waals surface area (Å²) >= 11 is 0. The lowest BCUT2D eigenvalue weighted by Crippen LogP contribution is -2.45. The van der Waals surface area contributed by atoms with Crippen molar-refractivity contribution in [2.24, 2.45) is 4.99 Å². The quantitative estimate of drug-likeness (QED) is 0.754. The number of carbonyl (C=O) groups excluding carboxylic acids is 2. The van der Waals surface area contributed by atoms with Crippen molar-refractivity contribution >= 4 is 27.7 Å². The third kappa shape index (κ3) is 3.31. The average molecular weight is 408 g/mol. The standard InChI is InChI=1S/C17H17FN4O5S/c1-10-6-11(27-20-10)8-22-15(23)13-7-12(2-3-14(13)19-16(22)24)28(25,26)21-17(9-18)4-5-17/h2-3,6-7,12,21H,4-5,8-9H2,1H3. The van der Waals surface area contributed by atoms with Gasteiger partial charge in [0.2, 0.25) is 10.0 Å². The Morgan fingerprint density at radius 3 is 2.75 bits per heavy atom. The fourth-order valence-electron chi connectivity index (χ4n) is 3.02. The molecule has 3 aliphatic rings. The molecule has 28 heavy (non-hydrogen) atoms. The number of aliphatic imine (C=N–C) groups is 1. The summed E-state index contributed by atoms with van der Waals surface area (Å²) in [5.74, 6) is -0.380. The van der Waals surface area contributed by atoms with Crippen LogP contribution in [-0.4, -0.2) is 53.6 Å². The molecule has 1 saturated carbocycles. The van der Waals surface area contributed by atoms with Crippen LogP contribution in [0, 0.1) is 6.92 Å². The SMILES string of the molecule is Cc1cc(CN2C(=O)N=C3C=CC(S(=O)(=O)NC4(CF)CC4)C=C3C2=O)on1. The number of urea groups is 1. The minimum absolute atomic E-state index is 0.00110. The normalized spacial score (nSPS) is 23.4. The van der Waals surface area contributed by atoms with Crippen LogP contribution >= 0.6 is 0 Å². The fourth-order valence-corrected chi connectivity index (χ4v) is 4.62. The van der Waals surface area contributed by atoms with Crippen molar-refractivity contribution in [3.05, 3.63) is 41.3 Å². The van der Waals surface area contributed by atoms with E-state index in [4.69, 9.17) is 4.52 Å². The lowest BCUT2D eigenvalue weighted by Gasteiger charge is -2.27. The van der Waals surface area contributed by atoms with Crippen molar-refractivity contribution < 1.29 is 26.9 Å². The largest absolute Gasteiger partial charge is 0.359 e. The molecule has 1 aromatic heterocycles. The van der Waals surface area contributed by atoms with Gasteiger partial charge in [0.25, 0.3) is 5.91 Å². The van der Waals surface area contributed by atoms with Gasteiger partial charge in [-0.2, -0.15) is 4.99 Å². The second-order valence-corrected chi connectivity index (χ2v) is 8.91. The lowest BCUT2D eigenvalue weighted by atomic mass is 10.0. The van der Waals surface area contributed by atoms with Gasteiger partial charge in [0.05, 0.1) is 29.1 Å². The molecule has 1 atom stereocenters. The third-order valence-corrected chi connectivity index (χ3v) is 6.52. The number of nitrogens with zero attached hydrogens (tertiary/aromatic N) is 3. The maximum Gasteiger partial charge on any atom is 0.351 e. The van der Waals surface area contributed by atoms with E-state index in [1.807, 2.05) is 0 Å². The molecule has 2 aliphatic carbocycles. The number of amides is 3. The molecule has 1 aromatic rings. The minimum atomic E-state index is -3.94. The van der Waals surface area contributed by atoms with Crippen molar-refractivity contribution in [1.82, 2.24) is 14.8 Å². The molecule has 1 fully saturated rings. The predicted octanol–water partition coefficient (Wildman–Crippen LogP) is 1.17. The average Bonchev–Trinajstić information content (AvgIpc) is 3.29. The van der Waals surface area contributed by atoms with E-state index in [9.17, 15) is 22.4 Å². The molecular formula is C17H17FN4O5S. The molecule has 1 aliphatic heterocycles. The van der Waals surface area contributed by atoms with E-state index in [0.29, 0.717) is 24.3 Å². The topological polar surface area (TPSA) is 122 Å². The van der Waals surface area contributed by atoms with Crippen molar-refractivity contribution in [3.8, 4) is 0 Å². The highest BCUT2D eigenvalue weighted by Crippen LogP contribution is 2.37. The summed E-state index contributed by atoms with van der Waals surface area (Å²) in [7, 11) is -3.94. The molecule has 9 nitrogen and oxygen atoms in total. The van der Waals surface area contributed by atoms with Gasteiger partial charge in [-0.15, -0.1) is 0 Å². The number of hydrogen-bond donors (Lipinski definition) is 1. The zero-order valence-corrected chi connectivity index (χ0v) is 15.7. The first-order valence-corrected chi connectivity index (χ1v) is 10.1. The van der Waals surface area contributed by atoms with E-state index >= 15 is 0 Å².